The maximum atomic E-state index is 8.90. The summed E-state index contributed by atoms with van der Waals surface area (Å²) in [5.74, 6) is 0. The second-order valence-corrected chi connectivity index (χ2v) is 4.96. The van der Waals surface area contributed by atoms with Gasteiger partial charge in [0.05, 0.1) is 24.8 Å². The van der Waals surface area contributed by atoms with E-state index in [-0.39, 0.29) is 0 Å². The quantitative estimate of drug-likeness (QED) is 0.841. The van der Waals surface area contributed by atoms with Crippen molar-refractivity contribution < 1.29 is 4.74 Å². The number of hydrogen-bond acceptors (Lipinski definition) is 3. The van der Waals surface area contributed by atoms with Crippen molar-refractivity contribution >= 4 is 21.6 Å². The Morgan fingerprint density at radius 1 is 1.59 bits per heavy atom. The first-order valence-corrected chi connectivity index (χ1v) is 6.59. The average molecular weight is 295 g/mol. The van der Waals surface area contributed by atoms with Crippen LogP contribution >= 0.6 is 15.9 Å². The van der Waals surface area contributed by atoms with Gasteiger partial charge in [-0.15, -0.1) is 0 Å². The number of nitrogens with zero attached hydrogens (tertiary/aromatic N) is 2. The van der Waals surface area contributed by atoms with Crippen molar-refractivity contribution in [3.8, 4) is 6.07 Å². The Hall–Kier alpha value is -1.05. The van der Waals surface area contributed by atoms with E-state index in [0.717, 1.165) is 36.3 Å². The van der Waals surface area contributed by atoms with Gasteiger partial charge >= 0.3 is 0 Å². The SMILES string of the molecule is CCC1COCCN1c1ccc(C#N)c(Br)c1. The molecule has 3 nitrogen and oxygen atoms in total. The highest BCUT2D eigenvalue weighted by atomic mass is 79.9. The molecule has 0 saturated carbocycles. The third-order valence-electron chi connectivity index (χ3n) is 3.10. The lowest BCUT2D eigenvalue weighted by atomic mass is 10.1. The van der Waals surface area contributed by atoms with E-state index in [9.17, 15) is 0 Å². The third-order valence-corrected chi connectivity index (χ3v) is 3.76. The Kier molecular flexibility index (Phi) is 4.03. The molecule has 0 N–H and O–H groups in total. The van der Waals surface area contributed by atoms with Crippen LogP contribution in [0.3, 0.4) is 0 Å². The van der Waals surface area contributed by atoms with Crippen LogP contribution in [0.5, 0.6) is 0 Å². The first-order valence-electron chi connectivity index (χ1n) is 5.80. The zero-order valence-electron chi connectivity index (χ0n) is 9.82. The topological polar surface area (TPSA) is 36.3 Å². The normalized spacial score (nSPS) is 20.1. The van der Waals surface area contributed by atoms with E-state index in [4.69, 9.17) is 10.00 Å². The third kappa shape index (κ3) is 2.62. The number of nitriles is 1. The van der Waals surface area contributed by atoms with Crippen molar-refractivity contribution in [2.75, 3.05) is 24.7 Å². The van der Waals surface area contributed by atoms with Gasteiger partial charge in [0.2, 0.25) is 0 Å². The second-order valence-electron chi connectivity index (χ2n) is 4.11. The summed E-state index contributed by atoms with van der Waals surface area (Å²) in [5.41, 5.74) is 1.83. The van der Waals surface area contributed by atoms with Gasteiger partial charge in [-0.2, -0.15) is 5.26 Å². The van der Waals surface area contributed by atoms with E-state index >= 15 is 0 Å². The van der Waals surface area contributed by atoms with E-state index in [1.54, 1.807) is 0 Å². The van der Waals surface area contributed by atoms with Crippen LogP contribution in [0.1, 0.15) is 18.9 Å². The number of benzene rings is 1. The lowest BCUT2D eigenvalue weighted by molar-refractivity contribution is 0.0930. The molecule has 1 unspecified atom stereocenters. The van der Waals surface area contributed by atoms with E-state index in [0.29, 0.717) is 11.6 Å². The zero-order valence-corrected chi connectivity index (χ0v) is 11.4. The predicted molar refractivity (Wildman–Crippen MR) is 71.1 cm³/mol. The van der Waals surface area contributed by atoms with Crippen molar-refractivity contribution in [2.24, 2.45) is 0 Å². The minimum absolute atomic E-state index is 0.434. The molecule has 0 bridgehead atoms. The summed E-state index contributed by atoms with van der Waals surface area (Å²) in [7, 11) is 0. The van der Waals surface area contributed by atoms with E-state index in [1.807, 2.05) is 18.2 Å². The van der Waals surface area contributed by atoms with Crippen LogP contribution in [-0.2, 0) is 4.74 Å². The average Bonchev–Trinajstić information content (AvgIpc) is 2.38. The van der Waals surface area contributed by atoms with Crippen molar-refractivity contribution in [1.82, 2.24) is 0 Å². The standard InChI is InChI=1S/C13H15BrN2O/c1-2-11-9-17-6-5-16(11)12-4-3-10(8-15)13(14)7-12/h3-4,7,11H,2,5-6,9H2,1H3. The fourth-order valence-corrected chi connectivity index (χ4v) is 2.56. The number of morpholine rings is 1. The highest BCUT2D eigenvalue weighted by molar-refractivity contribution is 9.10. The molecular formula is C13H15BrN2O. The molecule has 1 atom stereocenters. The van der Waals surface area contributed by atoms with E-state index in [2.05, 4.69) is 33.8 Å². The Bertz CT molecular complexity index is 442. The molecule has 0 amide bonds. The van der Waals surface area contributed by atoms with Crippen LogP contribution in [0.2, 0.25) is 0 Å². The predicted octanol–water partition coefficient (Wildman–Crippen LogP) is 2.94. The number of rotatable bonds is 2. The molecule has 1 aliphatic rings. The van der Waals surface area contributed by atoms with Gasteiger partial charge < -0.3 is 9.64 Å². The fourth-order valence-electron chi connectivity index (χ4n) is 2.11. The monoisotopic (exact) mass is 294 g/mol. The largest absolute Gasteiger partial charge is 0.377 e. The van der Waals surface area contributed by atoms with Crippen LogP contribution in [0.4, 0.5) is 5.69 Å². The van der Waals surface area contributed by atoms with Crippen LogP contribution in [0, 0.1) is 11.3 Å². The zero-order chi connectivity index (χ0) is 12.3. The van der Waals surface area contributed by atoms with Gasteiger partial charge in [-0.25, -0.2) is 0 Å². The van der Waals surface area contributed by atoms with Gasteiger partial charge in [0.1, 0.15) is 6.07 Å². The van der Waals surface area contributed by atoms with Gasteiger partial charge in [-0.1, -0.05) is 6.92 Å². The van der Waals surface area contributed by atoms with Crippen LogP contribution in [-0.4, -0.2) is 25.8 Å². The van der Waals surface area contributed by atoms with Crippen LogP contribution in [0.15, 0.2) is 22.7 Å². The number of anilines is 1. The molecular weight excluding hydrogens is 280 g/mol. The van der Waals surface area contributed by atoms with Gasteiger partial charge in [-0.05, 0) is 40.5 Å². The van der Waals surface area contributed by atoms with Crippen molar-refractivity contribution in [3.63, 3.8) is 0 Å². The number of ether oxygens (including phenoxy) is 1. The molecule has 1 fully saturated rings. The number of halogens is 1. The van der Waals surface area contributed by atoms with E-state index < -0.39 is 0 Å². The molecule has 1 aliphatic heterocycles. The molecule has 0 aromatic heterocycles. The summed E-state index contributed by atoms with van der Waals surface area (Å²) >= 11 is 3.44. The molecule has 0 aliphatic carbocycles. The smallest absolute Gasteiger partial charge is 0.100 e. The van der Waals surface area contributed by atoms with Gasteiger partial charge in [-0.3, -0.25) is 0 Å². The lowest BCUT2D eigenvalue weighted by Gasteiger charge is -2.37. The maximum absolute atomic E-state index is 8.90. The second kappa shape index (κ2) is 5.52. The highest BCUT2D eigenvalue weighted by Crippen LogP contribution is 2.26. The molecule has 1 saturated heterocycles. The number of hydrogen-bond donors (Lipinski definition) is 0. The van der Waals surface area contributed by atoms with E-state index in [1.165, 1.54) is 0 Å². The first kappa shape index (κ1) is 12.4. The molecule has 0 radical (unpaired) electrons. The Balaban J connectivity index is 2.26. The summed E-state index contributed by atoms with van der Waals surface area (Å²) < 4.78 is 6.35. The lowest BCUT2D eigenvalue weighted by Crippen LogP contribution is -2.45. The Labute approximate surface area is 110 Å². The van der Waals surface area contributed by atoms with Crippen molar-refractivity contribution in [1.29, 1.82) is 5.26 Å². The van der Waals surface area contributed by atoms with Crippen LogP contribution in [0.25, 0.3) is 0 Å². The maximum Gasteiger partial charge on any atom is 0.100 e. The van der Waals surface area contributed by atoms with Crippen molar-refractivity contribution in [2.45, 2.75) is 19.4 Å². The molecule has 4 heteroatoms. The van der Waals surface area contributed by atoms with Gasteiger partial charge in [0.25, 0.3) is 0 Å². The highest BCUT2D eigenvalue weighted by Gasteiger charge is 2.21. The molecule has 1 aromatic rings. The minimum Gasteiger partial charge on any atom is -0.377 e. The minimum atomic E-state index is 0.434. The van der Waals surface area contributed by atoms with Crippen LogP contribution < -0.4 is 4.90 Å². The van der Waals surface area contributed by atoms with Gasteiger partial charge in [0, 0.05) is 16.7 Å². The molecule has 1 heterocycles. The summed E-state index contributed by atoms with van der Waals surface area (Å²) in [4.78, 5) is 2.36. The molecule has 1 aromatic carbocycles. The van der Waals surface area contributed by atoms with Gasteiger partial charge in [0.15, 0.2) is 0 Å². The summed E-state index contributed by atoms with van der Waals surface area (Å²) in [5, 5.41) is 8.90. The fraction of sp³-hybridized carbons (Fsp3) is 0.462. The molecule has 90 valence electrons. The summed E-state index contributed by atoms with van der Waals surface area (Å²) in [6.45, 7) is 4.64. The molecule has 17 heavy (non-hydrogen) atoms. The summed E-state index contributed by atoms with van der Waals surface area (Å²) in [6, 6.07) is 8.49. The Morgan fingerprint density at radius 2 is 2.41 bits per heavy atom. The van der Waals surface area contributed by atoms with Crippen molar-refractivity contribution in [3.05, 3.63) is 28.2 Å². The first-order chi connectivity index (χ1) is 8.26. The Morgan fingerprint density at radius 3 is 3.06 bits per heavy atom. The molecule has 0 spiro atoms. The summed E-state index contributed by atoms with van der Waals surface area (Å²) in [6.07, 6.45) is 1.07. The molecule has 2 rings (SSSR count).